The number of carbonyl (C=O) groups is 1. The molecule has 1 heterocycles. The summed E-state index contributed by atoms with van der Waals surface area (Å²) in [6.45, 7) is 0.713. The van der Waals surface area contributed by atoms with E-state index in [-0.39, 0.29) is 29.3 Å². The van der Waals surface area contributed by atoms with Crippen molar-refractivity contribution < 1.29 is 13.2 Å². The lowest BCUT2D eigenvalue weighted by atomic mass is 9.87. The smallest absolute Gasteiger partial charge is 0.243 e. The number of benzene rings is 2. The van der Waals surface area contributed by atoms with Crippen molar-refractivity contribution in [3.8, 4) is 0 Å². The first-order chi connectivity index (χ1) is 13.6. The molecule has 2 aromatic carbocycles. The van der Waals surface area contributed by atoms with Gasteiger partial charge in [0.05, 0.1) is 16.9 Å². The second kappa shape index (κ2) is 8.05. The first-order valence-corrected chi connectivity index (χ1v) is 11.4. The summed E-state index contributed by atoms with van der Waals surface area (Å²) in [7, 11) is -3.56. The molecule has 2 aromatic rings. The topological polar surface area (TPSA) is 66.5 Å². The van der Waals surface area contributed by atoms with Crippen LogP contribution in [0.4, 0.5) is 0 Å². The Morgan fingerprint density at radius 1 is 0.964 bits per heavy atom. The van der Waals surface area contributed by atoms with Crippen LogP contribution >= 0.6 is 0 Å². The Kier molecular flexibility index (Phi) is 5.51. The maximum absolute atomic E-state index is 13.0. The van der Waals surface area contributed by atoms with E-state index in [9.17, 15) is 13.2 Å². The molecule has 1 fully saturated rings. The highest BCUT2D eigenvalue weighted by molar-refractivity contribution is 7.89. The predicted molar refractivity (Wildman–Crippen MR) is 108 cm³/mol. The molecule has 28 heavy (non-hydrogen) atoms. The normalized spacial score (nSPS) is 23.0. The van der Waals surface area contributed by atoms with Crippen LogP contribution in [-0.2, 0) is 21.2 Å². The van der Waals surface area contributed by atoms with Crippen LogP contribution in [0.15, 0.2) is 59.5 Å². The minimum absolute atomic E-state index is 0.0264. The van der Waals surface area contributed by atoms with Crippen LogP contribution in [-0.4, -0.2) is 31.7 Å². The van der Waals surface area contributed by atoms with Gasteiger partial charge in [0.2, 0.25) is 15.9 Å². The number of rotatable bonds is 4. The molecular weight excluding hydrogens is 372 g/mol. The summed E-state index contributed by atoms with van der Waals surface area (Å²) < 4.78 is 27.3. The number of piperidine rings is 1. The molecule has 0 aromatic heterocycles. The van der Waals surface area contributed by atoms with E-state index >= 15 is 0 Å². The van der Waals surface area contributed by atoms with Crippen LogP contribution < -0.4 is 5.32 Å². The van der Waals surface area contributed by atoms with Crippen LogP contribution in [0.5, 0.6) is 0 Å². The third-order valence-electron chi connectivity index (χ3n) is 5.82. The van der Waals surface area contributed by atoms with E-state index in [1.54, 1.807) is 30.3 Å². The van der Waals surface area contributed by atoms with Crippen molar-refractivity contribution in [3.63, 3.8) is 0 Å². The molecule has 6 heteroatoms. The van der Waals surface area contributed by atoms with E-state index in [2.05, 4.69) is 17.4 Å². The van der Waals surface area contributed by atoms with Gasteiger partial charge in [-0.2, -0.15) is 4.31 Å². The van der Waals surface area contributed by atoms with Gasteiger partial charge in [-0.1, -0.05) is 42.5 Å². The quantitative estimate of drug-likeness (QED) is 0.859. The standard InChI is InChI=1S/C22H26N2O3S/c25-22(23-21-14-6-9-17-8-4-5-13-20(17)21)18-10-7-15-24(16-18)28(26,27)19-11-2-1-3-12-19/h1-5,8,11-13,18,21H,6-7,9-10,14-16H2,(H,23,25). The van der Waals surface area contributed by atoms with E-state index in [1.807, 2.05) is 12.1 Å². The van der Waals surface area contributed by atoms with Crippen molar-refractivity contribution in [2.45, 2.75) is 43.0 Å². The minimum atomic E-state index is -3.56. The highest BCUT2D eigenvalue weighted by atomic mass is 32.2. The lowest BCUT2D eigenvalue weighted by Crippen LogP contribution is -2.46. The number of sulfonamides is 1. The molecule has 0 radical (unpaired) electrons. The molecule has 148 valence electrons. The molecule has 4 rings (SSSR count). The molecule has 1 aliphatic heterocycles. The van der Waals surface area contributed by atoms with E-state index in [0.717, 1.165) is 25.7 Å². The van der Waals surface area contributed by atoms with Gasteiger partial charge in [-0.15, -0.1) is 0 Å². The number of carbonyl (C=O) groups excluding carboxylic acids is 1. The van der Waals surface area contributed by atoms with Gasteiger partial charge in [0.1, 0.15) is 0 Å². The molecule has 5 nitrogen and oxygen atoms in total. The average molecular weight is 399 g/mol. The van der Waals surface area contributed by atoms with Gasteiger partial charge in [-0.05, 0) is 55.4 Å². The van der Waals surface area contributed by atoms with Gasteiger partial charge in [0, 0.05) is 13.1 Å². The highest BCUT2D eigenvalue weighted by Crippen LogP contribution is 2.30. The number of fused-ring (bicyclic) bond motifs is 1. The zero-order valence-electron chi connectivity index (χ0n) is 15.9. The highest BCUT2D eigenvalue weighted by Gasteiger charge is 2.34. The fraction of sp³-hybridized carbons (Fsp3) is 0.409. The minimum Gasteiger partial charge on any atom is -0.349 e. The Hall–Kier alpha value is -2.18. The third-order valence-corrected chi connectivity index (χ3v) is 7.70. The van der Waals surface area contributed by atoms with Gasteiger partial charge < -0.3 is 5.32 Å². The summed E-state index contributed by atoms with van der Waals surface area (Å²) in [5.74, 6) is -0.337. The summed E-state index contributed by atoms with van der Waals surface area (Å²) in [4.78, 5) is 13.2. The lowest BCUT2D eigenvalue weighted by molar-refractivity contribution is -0.127. The van der Waals surface area contributed by atoms with Gasteiger partial charge in [-0.3, -0.25) is 4.79 Å². The Labute approximate surface area is 166 Å². The second-order valence-electron chi connectivity index (χ2n) is 7.67. The molecule has 1 aliphatic carbocycles. The first kappa shape index (κ1) is 19.2. The SMILES string of the molecule is O=C(NC1CCCc2ccccc21)C1CCCN(S(=O)(=O)c2ccccc2)C1. The third kappa shape index (κ3) is 3.84. The molecular formula is C22H26N2O3S. The number of aryl methyl sites for hydroxylation is 1. The van der Waals surface area contributed by atoms with Crippen molar-refractivity contribution >= 4 is 15.9 Å². The van der Waals surface area contributed by atoms with Gasteiger partial charge in [-0.25, -0.2) is 8.42 Å². The number of hydrogen-bond acceptors (Lipinski definition) is 3. The number of nitrogens with one attached hydrogen (secondary N) is 1. The van der Waals surface area contributed by atoms with Crippen LogP contribution in [0, 0.1) is 5.92 Å². The molecule has 2 aliphatic rings. The predicted octanol–water partition coefficient (Wildman–Crippen LogP) is 3.28. The summed E-state index contributed by atoms with van der Waals surface area (Å²) in [6, 6.07) is 16.8. The fourth-order valence-corrected chi connectivity index (χ4v) is 5.85. The van der Waals surface area contributed by atoms with Crippen molar-refractivity contribution in [2.24, 2.45) is 5.92 Å². The Balaban J connectivity index is 1.46. The first-order valence-electron chi connectivity index (χ1n) is 9.99. The van der Waals surface area contributed by atoms with E-state index in [1.165, 1.54) is 15.4 Å². The van der Waals surface area contributed by atoms with Gasteiger partial charge in [0.15, 0.2) is 0 Å². The molecule has 0 bridgehead atoms. The number of hydrogen-bond donors (Lipinski definition) is 1. The van der Waals surface area contributed by atoms with Gasteiger partial charge in [0.25, 0.3) is 0 Å². The maximum Gasteiger partial charge on any atom is 0.243 e. The average Bonchev–Trinajstić information content (AvgIpc) is 2.75. The van der Waals surface area contributed by atoms with Crippen LogP contribution in [0.2, 0.25) is 0 Å². The largest absolute Gasteiger partial charge is 0.349 e. The molecule has 2 unspecified atom stereocenters. The summed E-state index contributed by atoms with van der Waals surface area (Å²) in [6.07, 6.45) is 4.46. The Morgan fingerprint density at radius 2 is 1.71 bits per heavy atom. The second-order valence-corrected chi connectivity index (χ2v) is 9.61. The monoisotopic (exact) mass is 398 g/mol. The van der Waals surface area contributed by atoms with Crippen molar-refractivity contribution in [2.75, 3.05) is 13.1 Å². The maximum atomic E-state index is 13.0. The lowest BCUT2D eigenvalue weighted by Gasteiger charge is -2.33. The van der Waals surface area contributed by atoms with Gasteiger partial charge >= 0.3 is 0 Å². The number of amides is 1. The van der Waals surface area contributed by atoms with Crippen LogP contribution in [0.1, 0.15) is 42.9 Å². The molecule has 1 saturated heterocycles. The van der Waals surface area contributed by atoms with E-state index in [0.29, 0.717) is 13.0 Å². The van der Waals surface area contributed by atoms with Crippen molar-refractivity contribution in [1.82, 2.24) is 9.62 Å². The zero-order chi connectivity index (χ0) is 19.6. The molecule has 2 atom stereocenters. The van der Waals surface area contributed by atoms with E-state index in [4.69, 9.17) is 0 Å². The Bertz CT molecular complexity index is 943. The van der Waals surface area contributed by atoms with Crippen LogP contribution in [0.25, 0.3) is 0 Å². The summed E-state index contributed by atoms with van der Waals surface area (Å²) in [5.41, 5.74) is 2.50. The summed E-state index contributed by atoms with van der Waals surface area (Å²) in [5, 5.41) is 3.20. The molecule has 0 saturated carbocycles. The van der Waals surface area contributed by atoms with Crippen molar-refractivity contribution in [1.29, 1.82) is 0 Å². The molecule has 1 N–H and O–H groups in total. The molecule has 0 spiro atoms. The number of nitrogens with zero attached hydrogens (tertiary/aromatic N) is 1. The van der Waals surface area contributed by atoms with Crippen LogP contribution in [0.3, 0.4) is 0 Å². The fourth-order valence-electron chi connectivity index (χ4n) is 4.31. The zero-order valence-corrected chi connectivity index (χ0v) is 16.7. The van der Waals surface area contributed by atoms with Crippen molar-refractivity contribution in [3.05, 3.63) is 65.7 Å². The molecule has 1 amide bonds. The van der Waals surface area contributed by atoms with E-state index < -0.39 is 10.0 Å². The Morgan fingerprint density at radius 3 is 2.54 bits per heavy atom. The summed E-state index contributed by atoms with van der Waals surface area (Å²) >= 11 is 0.